The fraction of sp³-hybridized carbons (Fsp3) is 0.455. The van der Waals surface area contributed by atoms with Gasteiger partial charge < -0.3 is 5.73 Å². The molecule has 1 fully saturated rings. The highest BCUT2D eigenvalue weighted by molar-refractivity contribution is 5.22. The smallest absolute Gasteiger partial charge is 0.127 e. The molecular formula is C11H15FN2. The van der Waals surface area contributed by atoms with E-state index in [2.05, 4.69) is 4.90 Å². The number of rotatable bonds is 1. The Kier molecular flexibility index (Phi) is 2.52. The molecule has 0 saturated carbocycles. The van der Waals surface area contributed by atoms with Gasteiger partial charge in [0.25, 0.3) is 0 Å². The average molecular weight is 194 g/mol. The molecule has 1 aromatic rings. The molecule has 2 nitrogen and oxygen atoms in total. The summed E-state index contributed by atoms with van der Waals surface area (Å²) in [6, 6.07) is 7.25. The molecule has 1 saturated heterocycles. The van der Waals surface area contributed by atoms with Gasteiger partial charge in [-0.3, -0.25) is 4.90 Å². The Morgan fingerprint density at radius 1 is 1.43 bits per heavy atom. The number of halogens is 1. The van der Waals surface area contributed by atoms with Crippen LogP contribution in [0.15, 0.2) is 24.3 Å². The molecule has 0 aliphatic carbocycles. The van der Waals surface area contributed by atoms with Crippen LogP contribution in [0.4, 0.5) is 4.39 Å². The van der Waals surface area contributed by atoms with Crippen LogP contribution in [0.2, 0.25) is 0 Å². The average Bonchev–Trinajstić information content (AvgIpc) is 2.46. The molecular weight excluding hydrogens is 179 g/mol. The van der Waals surface area contributed by atoms with Crippen LogP contribution in [0, 0.1) is 5.82 Å². The maximum absolute atomic E-state index is 13.5. The Morgan fingerprint density at radius 3 is 2.71 bits per heavy atom. The lowest BCUT2D eigenvalue weighted by atomic mass is 10.0. The number of nitrogens with two attached hydrogens (primary N) is 1. The molecule has 1 aromatic carbocycles. The zero-order chi connectivity index (χ0) is 10.1. The van der Waals surface area contributed by atoms with Crippen molar-refractivity contribution in [2.75, 3.05) is 13.6 Å². The van der Waals surface area contributed by atoms with Gasteiger partial charge in [-0.15, -0.1) is 0 Å². The maximum Gasteiger partial charge on any atom is 0.127 e. The Balaban J connectivity index is 2.27. The van der Waals surface area contributed by atoms with Crippen LogP contribution in [0.5, 0.6) is 0 Å². The van der Waals surface area contributed by atoms with Crippen molar-refractivity contribution < 1.29 is 4.39 Å². The summed E-state index contributed by atoms with van der Waals surface area (Å²) in [7, 11) is 1.99. The van der Waals surface area contributed by atoms with Crippen LogP contribution in [0.25, 0.3) is 0 Å². The number of likely N-dealkylation sites (N-methyl/N-ethyl adjacent to an activating group) is 1. The van der Waals surface area contributed by atoms with E-state index in [1.165, 1.54) is 6.07 Å². The van der Waals surface area contributed by atoms with Gasteiger partial charge in [-0.1, -0.05) is 18.2 Å². The summed E-state index contributed by atoms with van der Waals surface area (Å²) in [5.41, 5.74) is 6.61. The first-order valence-corrected chi connectivity index (χ1v) is 4.88. The molecule has 2 rings (SSSR count). The second kappa shape index (κ2) is 3.67. The lowest BCUT2D eigenvalue weighted by Gasteiger charge is -2.19. The van der Waals surface area contributed by atoms with Crippen LogP contribution in [-0.4, -0.2) is 24.5 Å². The normalized spacial score (nSPS) is 28.2. The number of likely N-dealkylation sites (tertiary alicyclic amines) is 1. The van der Waals surface area contributed by atoms with Crippen molar-refractivity contribution in [3.8, 4) is 0 Å². The zero-order valence-corrected chi connectivity index (χ0v) is 8.28. The second-order valence-corrected chi connectivity index (χ2v) is 3.97. The van der Waals surface area contributed by atoms with E-state index in [9.17, 15) is 4.39 Å². The van der Waals surface area contributed by atoms with Gasteiger partial charge in [0.05, 0.1) is 0 Å². The van der Waals surface area contributed by atoms with E-state index in [4.69, 9.17) is 5.73 Å². The molecule has 0 amide bonds. The molecule has 2 atom stereocenters. The predicted octanol–water partition coefficient (Wildman–Crippen LogP) is 1.53. The van der Waals surface area contributed by atoms with Crippen molar-refractivity contribution in [3.05, 3.63) is 35.6 Å². The van der Waals surface area contributed by atoms with E-state index in [0.29, 0.717) is 0 Å². The zero-order valence-electron chi connectivity index (χ0n) is 8.28. The highest BCUT2D eigenvalue weighted by atomic mass is 19.1. The van der Waals surface area contributed by atoms with Crippen molar-refractivity contribution >= 4 is 0 Å². The number of hydrogen-bond donors (Lipinski definition) is 1. The highest BCUT2D eigenvalue weighted by Crippen LogP contribution is 2.31. The molecule has 1 aliphatic heterocycles. The van der Waals surface area contributed by atoms with Crippen molar-refractivity contribution in [1.29, 1.82) is 0 Å². The van der Waals surface area contributed by atoms with Gasteiger partial charge in [-0.25, -0.2) is 4.39 Å². The standard InChI is InChI=1S/C11H15FN2/c1-14-7-8(13)6-11(14)9-4-2-3-5-10(9)12/h2-5,8,11H,6-7,13H2,1H3. The summed E-state index contributed by atoms with van der Waals surface area (Å²) in [6.07, 6.45) is 0.845. The van der Waals surface area contributed by atoms with Crippen LogP contribution in [-0.2, 0) is 0 Å². The summed E-state index contributed by atoms with van der Waals surface area (Å²) in [5, 5.41) is 0. The van der Waals surface area contributed by atoms with E-state index in [-0.39, 0.29) is 17.9 Å². The molecule has 0 bridgehead atoms. The van der Waals surface area contributed by atoms with Gasteiger partial charge in [-0.05, 0) is 19.5 Å². The minimum atomic E-state index is -0.126. The van der Waals surface area contributed by atoms with E-state index >= 15 is 0 Å². The van der Waals surface area contributed by atoms with Crippen LogP contribution in [0.1, 0.15) is 18.0 Å². The van der Waals surface area contributed by atoms with Crippen molar-refractivity contribution in [3.63, 3.8) is 0 Å². The Bertz CT molecular complexity index is 327. The lowest BCUT2D eigenvalue weighted by molar-refractivity contribution is 0.309. The highest BCUT2D eigenvalue weighted by Gasteiger charge is 2.29. The number of hydrogen-bond acceptors (Lipinski definition) is 2. The SMILES string of the molecule is CN1CC(N)CC1c1ccccc1F. The molecule has 3 heteroatoms. The van der Waals surface area contributed by atoms with E-state index in [1.807, 2.05) is 19.2 Å². The Labute approximate surface area is 83.5 Å². The van der Waals surface area contributed by atoms with Crippen LogP contribution < -0.4 is 5.73 Å². The first-order valence-electron chi connectivity index (χ1n) is 4.88. The van der Waals surface area contributed by atoms with Gasteiger partial charge in [0.2, 0.25) is 0 Å². The summed E-state index contributed by atoms with van der Waals surface area (Å²) < 4.78 is 13.5. The summed E-state index contributed by atoms with van der Waals surface area (Å²) in [5.74, 6) is -0.126. The van der Waals surface area contributed by atoms with Gasteiger partial charge in [0, 0.05) is 24.2 Å². The third-order valence-corrected chi connectivity index (χ3v) is 2.84. The van der Waals surface area contributed by atoms with Gasteiger partial charge >= 0.3 is 0 Å². The summed E-state index contributed by atoms with van der Waals surface area (Å²) in [4.78, 5) is 2.11. The first kappa shape index (κ1) is 9.62. The maximum atomic E-state index is 13.5. The Hall–Kier alpha value is -0.930. The molecule has 14 heavy (non-hydrogen) atoms. The fourth-order valence-corrected chi connectivity index (χ4v) is 2.15. The van der Waals surface area contributed by atoms with E-state index in [0.717, 1.165) is 18.5 Å². The van der Waals surface area contributed by atoms with Crippen molar-refractivity contribution in [1.82, 2.24) is 4.90 Å². The van der Waals surface area contributed by atoms with E-state index < -0.39 is 0 Å². The minimum Gasteiger partial charge on any atom is -0.326 e. The lowest BCUT2D eigenvalue weighted by Crippen LogP contribution is -2.24. The molecule has 76 valence electrons. The molecule has 1 heterocycles. The molecule has 0 radical (unpaired) electrons. The van der Waals surface area contributed by atoms with Gasteiger partial charge in [0.1, 0.15) is 5.82 Å². The number of nitrogens with zero attached hydrogens (tertiary/aromatic N) is 1. The predicted molar refractivity (Wildman–Crippen MR) is 54.4 cm³/mol. The molecule has 0 spiro atoms. The molecule has 2 unspecified atom stereocenters. The third kappa shape index (κ3) is 1.65. The van der Waals surface area contributed by atoms with Crippen molar-refractivity contribution in [2.45, 2.75) is 18.5 Å². The van der Waals surface area contributed by atoms with Crippen molar-refractivity contribution in [2.24, 2.45) is 5.73 Å². The monoisotopic (exact) mass is 194 g/mol. The topological polar surface area (TPSA) is 29.3 Å². The largest absolute Gasteiger partial charge is 0.326 e. The first-order chi connectivity index (χ1) is 6.68. The second-order valence-electron chi connectivity index (χ2n) is 3.97. The van der Waals surface area contributed by atoms with E-state index in [1.54, 1.807) is 6.07 Å². The minimum absolute atomic E-state index is 0.126. The molecule has 2 N–H and O–H groups in total. The third-order valence-electron chi connectivity index (χ3n) is 2.84. The van der Waals surface area contributed by atoms with Gasteiger partial charge in [0.15, 0.2) is 0 Å². The fourth-order valence-electron chi connectivity index (χ4n) is 2.15. The van der Waals surface area contributed by atoms with Crippen LogP contribution in [0.3, 0.4) is 0 Å². The molecule has 1 aliphatic rings. The quantitative estimate of drug-likeness (QED) is 0.734. The van der Waals surface area contributed by atoms with Gasteiger partial charge in [-0.2, -0.15) is 0 Å². The van der Waals surface area contributed by atoms with Crippen LogP contribution >= 0.6 is 0 Å². The summed E-state index contributed by atoms with van der Waals surface area (Å²) >= 11 is 0. The number of benzene rings is 1. The Morgan fingerprint density at radius 2 is 2.14 bits per heavy atom. The summed E-state index contributed by atoms with van der Waals surface area (Å²) in [6.45, 7) is 0.846. The molecule has 0 aromatic heterocycles.